The van der Waals surface area contributed by atoms with E-state index in [0.29, 0.717) is 12.1 Å². The lowest BCUT2D eigenvalue weighted by Crippen LogP contribution is -2.40. The van der Waals surface area contributed by atoms with Crippen LogP contribution in [0.5, 0.6) is 0 Å². The van der Waals surface area contributed by atoms with Crippen LogP contribution in [-0.4, -0.2) is 30.1 Å². The minimum absolute atomic E-state index is 0.147. The lowest BCUT2D eigenvalue weighted by atomic mass is 10.1. The Morgan fingerprint density at radius 1 is 1.26 bits per heavy atom. The van der Waals surface area contributed by atoms with E-state index in [1.807, 2.05) is 12.1 Å². The van der Waals surface area contributed by atoms with Gasteiger partial charge in [-0.05, 0) is 56.8 Å². The molecule has 19 heavy (non-hydrogen) atoms. The Morgan fingerprint density at radius 2 is 2.00 bits per heavy atom. The fraction of sp³-hybridized carbons (Fsp3) is 0.625. The average Bonchev–Trinajstić information content (AvgIpc) is 3.13. The fourth-order valence-electron chi connectivity index (χ4n) is 3.13. The first-order chi connectivity index (χ1) is 9.24. The Hall–Kier alpha value is -0.930. The van der Waals surface area contributed by atoms with Gasteiger partial charge in [0.05, 0.1) is 0 Å². The second-order valence-corrected chi connectivity index (χ2v) is 5.95. The van der Waals surface area contributed by atoms with Crippen LogP contribution in [0.15, 0.2) is 24.3 Å². The van der Waals surface area contributed by atoms with Gasteiger partial charge in [0, 0.05) is 24.7 Å². The molecule has 0 aromatic heterocycles. The largest absolute Gasteiger partial charge is 0.313 e. The van der Waals surface area contributed by atoms with Crippen LogP contribution >= 0.6 is 0 Å². The predicted octanol–water partition coefficient (Wildman–Crippen LogP) is 3.10. The first-order valence-corrected chi connectivity index (χ1v) is 7.48. The Morgan fingerprint density at radius 3 is 2.58 bits per heavy atom. The summed E-state index contributed by atoms with van der Waals surface area (Å²) < 4.78 is 13.0. The van der Waals surface area contributed by atoms with Crippen LogP contribution in [0.2, 0.25) is 0 Å². The normalized spacial score (nSPS) is 24.9. The van der Waals surface area contributed by atoms with Gasteiger partial charge in [-0.25, -0.2) is 4.39 Å². The number of benzene rings is 1. The van der Waals surface area contributed by atoms with Crippen molar-refractivity contribution in [2.24, 2.45) is 0 Å². The minimum atomic E-state index is -0.147. The average molecular weight is 262 g/mol. The van der Waals surface area contributed by atoms with Crippen molar-refractivity contribution in [3.8, 4) is 0 Å². The summed E-state index contributed by atoms with van der Waals surface area (Å²) in [7, 11) is 0. The number of hydrogen-bond acceptors (Lipinski definition) is 2. The Kier molecular flexibility index (Phi) is 3.85. The van der Waals surface area contributed by atoms with Crippen LogP contribution in [0.3, 0.4) is 0 Å². The van der Waals surface area contributed by atoms with Gasteiger partial charge in [-0.2, -0.15) is 0 Å². The highest BCUT2D eigenvalue weighted by Crippen LogP contribution is 2.34. The second kappa shape index (κ2) is 5.59. The molecule has 104 valence electrons. The molecule has 1 aliphatic carbocycles. The van der Waals surface area contributed by atoms with Gasteiger partial charge in [-0.3, -0.25) is 4.90 Å². The third-order valence-electron chi connectivity index (χ3n) is 4.46. The van der Waals surface area contributed by atoms with Crippen LogP contribution in [-0.2, 0) is 0 Å². The first kappa shape index (κ1) is 13.1. The zero-order valence-corrected chi connectivity index (χ0v) is 11.6. The van der Waals surface area contributed by atoms with Crippen molar-refractivity contribution in [2.75, 3.05) is 13.1 Å². The molecule has 0 bridgehead atoms. The van der Waals surface area contributed by atoms with Gasteiger partial charge >= 0.3 is 0 Å². The number of rotatable bonds is 5. The number of nitrogens with zero attached hydrogens (tertiary/aromatic N) is 1. The van der Waals surface area contributed by atoms with Gasteiger partial charge < -0.3 is 5.32 Å². The van der Waals surface area contributed by atoms with Crippen molar-refractivity contribution in [1.29, 1.82) is 0 Å². The van der Waals surface area contributed by atoms with Crippen molar-refractivity contribution in [1.82, 2.24) is 10.2 Å². The van der Waals surface area contributed by atoms with Gasteiger partial charge in [0.25, 0.3) is 0 Å². The molecule has 2 fully saturated rings. The van der Waals surface area contributed by atoms with Crippen molar-refractivity contribution in [3.63, 3.8) is 0 Å². The second-order valence-electron chi connectivity index (χ2n) is 5.95. The molecule has 1 N–H and O–H groups in total. The molecule has 2 atom stereocenters. The van der Waals surface area contributed by atoms with E-state index in [4.69, 9.17) is 0 Å². The van der Waals surface area contributed by atoms with E-state index in [1.165, 1.54) is 31.2 Å². The summed E-state index contributed by atoms with van der Waals surface area (Å²) in [5.41, 5.74) is 1.23. The van der Waals surface area contributed by atoms with Crippen molar-refractivity contribution < 1.29 is 4.39 Å². The van der Waals surface area contributed by atoms with Crippen LogP contribution in [0, 0.1) is 5.82 Å². The molecule has 2 aliphatic rings. The number of halogens is 1. The summed E-state index contributed by atoms with van der Waals surface area (Å²) in [4.78, 5) is 2.61. The van der Waals surface area contributed by atoms with Crippen molar-refractivity contribution in [3.05, 3.63) is 35.6 Å². The van der Waals surface area contributed by atoms with E-state index >= 15 is 0 Å². The molecule has 1 aliphatic heterocycles. The maximum Gasteiger partial charge on any atom is 0.123 e. The molecule has 1 heterocycles. The molecule has 1 aromatic rings. The van der Waals surface area contributed by atoms with E-state index in [9.17, 15) is 4.39 Å². The summed E-state index contributed by atoms with van der Waals surface area (Å²) in [5, 5.41) is 3.58. The molecule has 1 aromatic carbocycles. The SMILES string of the molecule is CC(c1ccc(F)cc1)N(CC1CCCN1)C1CC1. The van der Waals surface area contributed by atoms with E-state index in [1.54, 1.807) is 12.1 Å². The number of nitrogens with one attached hydrogen (secondary N) is 1. The molecule has 0 amide bonds. The molecule has 3 rings (SSSR count). The summed E-state index contributed by atoms with van der Waals surface area (Å²) in [5.74, 6) is -0.147. The quantitative estimate of drug-likeness (QED) is 0.877. The Bertz CT molecular complexity index is 407. The van der Waals surface area contributed by atoms with Crippen molar-refractivity contribution >= 4 is 0 Å². The Labute approximate surface area is 115 Å². The predicted molar refractivity (Wildman–Crippen MR) is 75.6 cm³/mol. The standard InChI is InChI=1S/C16H23FN2/c1-12(13-4-6-14(17)7-5-13)19(16-8-9-16)11-15-3-2-10-18-15/h4-7,12,15-16,18H,2-3,8-11H2,1H3. The van der Waals surface area contributed by atoms with Crippen LogP contribution in [0.1, 0.15) is 44.2 Å². The monoisotopic (exact) mass is 262 g/mol. The van der Waals surface area contributed by atoms with Gasteiger partial charge in [0.15, 0.2) is 0 Å². The molecule has 0 spiro atoms. The fourth-order valence-corrected chi connectivity index (χ4v) is 3.13. The lowest BCUT2D eigenvalue weighted by molar-refractivity contribution is 0.182. The summed E-state index contributed by atoms with van der Waals surface area (Å²) in [6.07, 6.45) is 5.23. The minimum Gasteiger partial charge on any atom is -0.313 e. The smallest absolute Gasteiger partial charge is 0.123 e. The third-order valence-corrected chi connectivity index (χ3v) is 4.46. The molecular formula is C16H23FN2. The highest BCUT2D eigenvalue weighted by atomic mass is 19.1. The summed E-state index contributed by atoms with van der Waals surface area (Å²) in [6, 6.07) is 8.77. The zero-order valence-electron chi connectivity index (χ0n) is 11.6. The van der Waals surface area contributed by atoms with Crippen LogP contribution < -0.4 is 5.32 Å². The molecule has 2 unspecified atom stereocenters. The molecular weight excluding hydrogens is 239 g/mol. The first-order valence-electron chi connectivity index (χ1n) is 7.48. The number of hydrogen-bond donors (Lipinski definition) is 1. The van der Waals surface area contributed by atoms with E-state index in [-0.39, 0.29) is 5.82 Å². The molecule has 1 saturated heterocycles. The lowest BCUT2D eigenvalue weighted by Gasteiger charge is -2.32. The van der Waals surface area contributed by atoms with Crippen molar-refractivity contribution in [2.45, 2.75) is 50.7 Å². The summed E-state index contributed by atoms with van der Waals surface area (Å²) in [6.45, 7) is 4.54. The highest BCUT2D eigenvalue weighted by Gasteiger charge is 2.34. The molecule has 0 radical (unpaired) electrons. The maximum absolute atomic E-state index is 13.0. The molecule has 2 nitrogen and oxygen atoms in total. The van der Waals surface area contributed by atoms with Crippen LogP contribution in [0.25, 0.3) is 0 Å². The summed E-state index contributed by atoms with van der Waals surface area (Å²) >= 11 is 0. The third kappa shape index (κ3) is 3.15. The molecule has 3 heteroatoms. The Balaban J connectivity index is 1.69. The topological polar surface area (TPSA) is 15.3 Å². The highest BCUT2D eigenvalue weighted by molar-refractivity contribution is 5.20. The zero-order chi connectivity index (χ0) is 13.2. The van der Waals surface area contributed by atoms with Crippen LogP contribution in [0.4, 0.5) is 4.39 Å². The maximum atomic E-state index is 13.0. The van der Waals surface area contributed by atoms with Gasteiger partial charge in [0.2, 0.25) is 0 Å². The molecule has 1 saturated carbocycles. The van der Waals surface area contributed by atoms with Gasteiger partial charge in [0.1, 0.15) is 5.82 Å². The van der Waals surface area contributed by atoms with Gasteiger partial charge in [-0.15, -0.1) is 0 Å². The van der Waals surface area contributed by atoms with E-state index < -0.39 is 0 Å². The van der Waals surface area contributed by atoms with E-state index in [2.05, 4.69) is 17.1 Å². The van der Waals surface area contributed by atoms with Gasteiger partial charge in [-0.1, -0.05) is 12.1 Å². The van der Waals surface area contributed by atoms with E-state index in [0.717, 1.165) is 19.1 Å².